The molecule has 6 heteroatoms. The average molecular weight is 835 g/mol. The number of carbonyl (C=O) groups is 3. The van der Waals surface area contributed by atoms with Crippen LogP contribution in [0.4, 0.5) is 0 Å². The minimum atomic E-state index is -0.796. The fraction of sp³-hybridized carbons (Fsp3) is 0.685. The second-order valence-electron chi connectivity index (χ2n) is 16.1. The number of hydrogen-bond donors (Lipinski definition) is 0. The number of allylic oxidation sites excluding steroid dienone is 14. The van der Waals surface area contributed by atoms with Gasteiger partial charge in [-0.3, -0.25) is 14.4 Å². The normalized spacial score (nSPS) is 12.8. The van der Waals surface area contributed by atoms with E-state index < -0.39 is 6.10 Å². The summed E-state index contributed by atoms with van der Waals surface area (Å²) in [4.78, 5) is 37.9. The van der Waals surface area contributed by atoms with Gasteiger partial charge in [-0.2, -0.15) is 0 Å². The average Bonchev–Trinajstić information content (AvgIpc) is 3.24. The van der Waals surface area contributed by atoms with Crippen LogP contribution in [0.2, 0.25) is 0 Å². The third kappa shape index (κ3) is 45.7. The Hall–Kier alpha value is -3.41. The highest BCUT2D eigenvalue weighted by molar-refractivity contribution is 5.71. The lowest BCUT2D eigenvalue weighted by atomic mass is 10.1. The first-order chi connectivity index (χ1) is 29.5. The van der Waals surface area contributed by atoms with Gasteiger partial charge in [-0.15, -0.1) is 0 Å². The van der Waals surface area contributed by atoms with Gasteiger partial charge in [0.2, 0.25) is 0 Å². The molecule has 0 aromatic carbocycles. The molecule has 0 aromatic rings. The lowest BCUT2D eigenvalue weighted by Gasteiger charge is -2.18. The monoisotopic (exact) mass is 835 g/mol. The van der Waals surface area contributed by atoms with Crippen LogP contribution in [0.1, 0.15) is 220 Å². The van der Waals surface area contributed by atoms with Crippen LogP contribution in [-0.2, 0) is 28.6 Å². The molecule has 0 rings (SSSR count). The maximum atomic E-state index is 12.7. The summed E-state index contributed by atoms with van der Waals surface area (Å²) in [6, 6.07) is 0. The lowest BCUT2D eigenvalue weighted by Crippen LogP contribution is -2.30. The van der Waals surface area contributed by atoms with Crippen LogP contribution in [0.5, 0.6) is 0 Å². The Bertz CT molecular complexity index is 1190. The topological polar surface area (TPSA) is 78.9 Å². The van der Waals surface area contributed by atoms with Gasteiger partial charge in [0, 0.05) is 19.3 Å². The van der Waals surface area contributed by atoms with Gasteiger partial charge in [-0.1, -0.05) is 189 Å². The summed E-state index contributed by atoms with van der Waals surface area (Å²) < 4.78 is 16.7. The molecule has 6 nitrogen and oxygen atoms in total. The number of hydrogen-bond acceptors (Lipinski definition) is 6. The van der Waals surface area contributed by atoms with Crippen molar-refractivity contribution >= 4 is 17.9 Å². The quantitative estimate of drug-likeness (QED) is 0.0200. The molecule has 60 heavy (non-hydrogen) atoms. The molecule has 0 fully saturated rings. The minimum Gasteiger partial charge on any atom is -0.462 e. The van der Waals surface area contributed by atoms with Crippen LogP contribution in [-0.4, -0.2) is 37.2 Å². The van der Waals surface area contributed by atoms with Crippen molar-refractivity contribution in [1.29, 1.82) is 0 Å². The molecule has 1 unspecified atom stereocenters. The van der Waals surface area contributed by atoms with Crippen LogP contribution < -0.4 is 0 Å². The van der Waals surface area contributed by atoms with Crippen molar-refractivity contribution in [1.82, 2.24) is 0 Å². The second kappa shape index (κ2) is 48.3. The Morgan fingerprint density at radius 3 is 1.17 bits per heavy atom. The van der Waals surface area contributed by atoms with E-state index in [1.165, 1.54) is 51.4 Å². The van der Waals surface area contributed by atoms with Gasteiger partial charge in [0.15, 0.2) is 6.10 Å². The standard InChI is InChI=1S/C54H90O6/c1-4-7-10-13-16-19-22-25-26-27-28-29-30-33-35-38-41-44-47-53(56)59-50-51(60-54(57)48-45-42-39-36-32-24-21-18-15-12-9-6-3)49-58-52(55)46-43-40-37-34-31-23-20-17-14-11-8-5-2/h9,12,16-22,25-29,51H,4-8,10-11,13-15,23-24,30-50H2,1-3H3/b12-9-,19-16-,20-17-,21-18-,25-22-,27-26-,29-28-. The first-order valence-corrected chi connectivity index (χ1v) is 24.6. The van der Waals surface area contributed by atoms with Crippen LogP contribution in [0, 0.1) is 0 Å². The molecule has 0 saturated heterocycles. The predicted molar refractivity (Wildman–Crippen MR) is 256 cm³/mol. The fourth-order valence-corrected chi connectivity index (χ4v) is 6.48. The molecular formula is C54H90O6. The lowest BCUT2D eigenvalue weighted by molar-refractivity contribution is -0.167. The molecule has 0 aliphatic rings. The highest BCUT2D eigenvalue weighted by Crippen LogP contribution is 2.13. The van der Waals surface area contributed by atoms with E-state index in [0.29, 0.717) is 19.3 Å². The van der Waals surface area contributed by atoms with E-state index in [9.17, 15) is 14.4 Å². The van der Waals surface area contributed by atoms with E-state index in [2.05, 4.69) is 106 Å². The number of unbranched alkanes of at least 4 members (excludes halogenated alkanes) is 21. The number of ether oxygens (including phenoxy) is 3. The maximum Gasteiger partial charge on any atom is 0.306 e. The number of carbonyl (C=O) groups excluding carboxylic acids is 3. The Kier molecular flexibility index (Phi) is 45.5. The summed E-state index contributed by atoms with van der Waals surface area (Å²) in [5.41, 5.74) is 0. The van der Waals surface area contributed by atoms with Crippen LogP contribution in [0.3, 0.4) is 0 Å². The zero-order valence-electron chi connectivity index (χ0n) is 38.9. The summed E-state index contributed by atoms with van der Waals surface area (Å²) in [6.45, 7) is 6.41. The van der Waals surface area contributed by atoms with Crippen LogP contribution in [0.15, 0.2) is 85.1 Å². The third-order valence-electron chi connectivity index (χ3n) is 10.2. The van der Waals surface area contributed by atoms with E-state index >= 15 is 0 Å². The molecule has 0 amide bonds. The third-order valence-corrected chi connectivity index (χ3v) is 10.2. The summed E-state index contributed by atoms with van der Waals surface area (Å²) in [5.74, 6) is -0.947. The largest absolute Gasteiger partial charge is 0.462 e. The van der Waals surface area contributed by atoms with Crippen molar-refractivity contribution in [2.75, 3.05) is 13.2 Å². The SMILES string of the molecule is CC/C=C\C/C=C\CCCCCCCC(=O)OC(COC(=O)CCCCCCC\C=C/C=C\C=C/C=C\CCCCC)COC(=O)CCCCCCC/C=C\CCCCC. The fourth-order valence-electron chi connectivity index (χ4n) is 6.48. The Morgan fingerprint density at radius 1 is 0.367 bits per heavy atom. The van der Waals surface area contributed by atoms with Crippen molar-refractivity contribution in [2.45, 2.75) is 226 Å². The van der Waals surface area contributed by atoms with Gasteiger partial charge in [0.25, 0.3) is 0 Å². The first kappa shape index (κ1) is 56.6. The van der Waals surface area contributed by atoms with Gasteiger partial charge in [0.05, 0.1) is 0 Å². The maximum absolute atomic E-state index is 12.7. The van der Waals surface area contributed by atoms with E-state index in [1.54, 1.807) is 0 Å². The van der Waals surface area contributed by atoms with Gasteiger partial charge >= 0.3 is 17.9 Å². The summed E-state index contributed by atoms with van der Waals surface area (Å²) >= 11 is 0. The number of esters is 3. The molecule has 0 bridgehead atoms. The predicted octanol–water partition coefficient (Wildman–Crippen LogP) is 16.0. The van der Waals surface area contributed by atoms with Gasteiger partial charge in [0.1, 0.15) is 13.2 Å². The Labute approximate surface area is 369 Å². The van der Waals surface area contributed by atoms with Crippen molar-refractivity contribution in [2.24, 2.45) is 0 Å². The van der Waals surface area contributed by atoms with Crippen molar-refractivity contribution < 1.29 is 28.6 Å². The highest BCUT2D eigenvalue weighted by Gasteiger charge is 2.19. The molecule has 0 aliphatic heterocycles. The molecular weight excluding hydrogens is 745 g/mol. The van der Waals surface area contributed by atoms with E-state index in [0.717, 1.165) is 128 Å². The van der Waals surface area contributed by atoms with E-state index in [1.807, 2.05) is 0 Å². The summed E-state index contributed by atoms with van der Waals surface area (Å²) in [7, 11) is 0. The molecule has 0 aliphatic carbocycles. The van der Waals surface area contributed by atoms with Gasteiger partial charge in [-0.05, 0) is 96.3 Å². The second-order valence-corrected chi connectivity index (χ2v) is 16.1. The van der Waals surface area contributed by atoms with Crippen molar-refractivity contribution in [3.05, 3.63) is 85.1 Å². The van der Waals surface area contributed by atoms with Crippen LogP contribution in [0.25, 0.3) is 0 Å². The molecule has 0 aromatic heterocycles. The molecule has 342 valence electrons. The highest BCUT2D eigenvalue weighted by atomic mass is 16.6. The molecule has 1 atom stereocenters. The van der Waals surface area contributed by atoms with Crippen LogP contribution >= 0.6 is 0 Å². The van der Waals surface area contributed by atoms with Gasteiger partial charge < -0.3 is 14.2 Å². The smallest absolute Gasteiger partial charge is 0.306 e. The summed E-state index contributed by atoms with van der Waals surface area (Å²) in [6.07, 6.45) is 61.3. The van der Waals surface area contributed by atoms with E-state index in [-0.39, 0.29) is 31.1 Å². The molecule has 0 N–H and O–H groups in total. The van der Waals surface area contributed by atoms with Crippen molar-refractivity contribution in [3.63, 3.8) is 0 Å². The molecule has 0 radical (unpaired) electrons. The zero-order valence-corrected chi connectivity index (χ0v) is 38.9. The van der Waals surface area contributed by atoms with Gasteiger partial charge in [-0.25, -0.2) is 0 Å². The Morgan fingerprint density at radius 2 is 0.717 bits per heavy atom. The molecule has 0 heterocycles. The van der Waals surface area contributed by atoms with E-state index in [4.69, 9.17) is 14.2 Å². The summed E-state index contributed by atoms with van der Waals surface area (Å²) in [5, 5.41) is 0. The first-order valence-electron chi connectivity index (χ1n) is 24.6. The minimum absolute atomic E-state index is 0.0956. The molecule has 0 spiro atoms. The Balaban J connectivity index is 4.45. The number of rotatable bonds is 43. The van der Waals surface area contributed by atoms with Crippen molar-refractivity contribution in [3.8, 4) is 0 Å². The zero-order chi connectivity index (χ0) is 43.7. The molecule has 0 saturated carbocycles.